The van der Waals surface area contributed by atoms with Gasteiger partial charge in [-0.25, -0.2) is 14.6 Å². The monoisotopic (exact) mass is 598 g/mol. The highest BCUT2D eigenvalue weighted by Crippen LogP contribution is 2.28. The molecule has 11 nitrogen and oxygen atoms in total. The molecule has 0 saturated carbocycles. The molecule has 0 bridgehead atoms. The Morgan fingerprint density at radius 3 is 2.48 bits per heavy atom. The van der Waals surface area contributed by atoms with Gasteiger partial charge in [0.1, 0.15) is 18.2 Å². The van der Waals surface area contributed by atoms with Crippen molar-refractivity contribution in [1.29, 1.82) is 0 Å². The highest BCUT2D eigenvalue weighted by Gasteiger charge is 2.33. The van der Waals surface area contributed by atoms with E-state index in [2.05, 4.69) is 16.2 Å². The van der Waals surface area contributed by atoms with Gasteiger partial charge in [-0.15, -0.1) is 0 Å². The molecule has 0 aliphatic carbocycles. The number of hydrazine groups is 1. The van der Waals surface area contributed by atoms with Gasteiger partial charge in [-0.3, -0.25) is 14.5 Å². The van der Waals surface area contributed by atoms with Crippen LogP contribution in [0.25, 0.3) is 0 Å². The maximum Gasteiger partial charge on any atom is 0.414 e. The van der Waals surface area contributed by atoms with Crippen LogP contribution in [-0.2, 0) is 14.3 Å². The van der Waals surface area contributed by atoms with Crippen LogP contribution in [0, 0.1) is 5.82 Å². The van der Waals surface area contributed by atoms with Gasteiger partial charge in [0, 0.05) is 50.3 Å². The van der Waals surface area contributed by atoms with Crippen LogP contribution in [0.15, 0.2) is 42.5 Å². The van der Waals surface area contributed by atoms with E-state index in [4.69, 9.17) is 17.0 Å². The van der Waals surface area contributed by atoms with E-state index in [0.29, 0.717) is 66.9 Å². The largest absolute Gasteiger partial charge is 0.442 e. The summed E-state index contributed by atoms with van der Waals surface area (Å²) >= 11 is 4.99. The molecule has 2 atom stereocenters. The molecule has 2 aliphatic rings. The Kier molecular flexibility index (Phi) is 10.4. The molecule has 2 heterocycles. The molecular weight excluding hydrogens is 563 g/mol. The molecule has 0 radical (unpaired) electrons. The summed E-state index contributed by atoms with van der Waals surface area (Å²) in [6.45, 7) is 5.84. The molecular formula is C29H35FN6O5S. The van der Waals surface area contributed by atoms with E-state index in [0.717, 1.165) is 6.29 Å². The van der Waals surface area contributed by atoms with Gasteiger partial charge in [-0.05, 0) is 56.3 Å². The fraction of sp³-hybridized carbons (Fsp3) is 0.414. The lowest BCUT2D eigenvalue weighted by Crippen LogP contribution is -2.49. The summed E-state index contributed by atoms with van der Waals surface area (Å²) in [5.74, 6) is -0.718. The number of thiocarbonyl (C=S) groups is 1. The Hall–Kier alpha value is -4.10. The number of ketones is 1. The number of nitrogens with one attached hydrogen (secondary N) is 3. The third-order valence-corrected chi connectivity index (χ3v) is 7.23. The van der Waals surface area contributed by atoms with Crippen molar-refractivity contribution < 1.29 is 28.3 Å². The molecule has 2 fully saturated rings. The second-order valence-corrected chi connectivity index (χ2v) is 10.9. The van der Waals surface area contributed by atoms with Crippen LogP contribution in [0.4, 0.5) is 26.2 Å². The quantitative estimate of drug-likeness (QED) is 0.145. The first-order chi connectivity index (χ1) is 20.1. The Morgan fingerprint density at radius 2 is 1.83 bits per heavy atom. The number of aldehydes is 1. The number of cyclic esters (lactones) is 1. The van der Waals surface area contributed by atoms with Crippen LogP contribution >= 0.6 is 12.2 Å². The smallest absolute Gasteiger partial charge is 0.414 e. The molecule has 2 aromatic rings. The average molecular weight is 599 g/mol. The van der Waals surface area contributed by atoms with Crippen LogP contribution in [0.2, 0.25) is 0 Å². The van der Waals surface area contributed by atoms with Crippen molar-refractivity contribution in [2.24, 2.45) is 0 Å². The number of benzene rings is 2. The first-order valence-electron chi connectivity index (χ1n) is 13.8. The number of rotatable bonds is 12. The van der Waals surface area contributed by atoms with Gasteiger partial charge in [-0.1, -0.05) is 12.2 Å². The lowest BCUT2D eigenvalue weighted by atomic mass is 10.1. The first kappa shape index (κ1) is 30.8. The number of carbonyl (C=O) groups is 4. The van der Waals surface area contributed by atoms with E-state index in [1.807, 2.05) is 4.90 Å². The Labute approximate surface area is 249 Å². The average Bonchev–Trinajstić information content (AvgIpc) is 3.37. The lowest BCUT2D eigenvalue weighted by Gasteiger charge is -2.36. The second kappa shape index (κ2) is 14.2. The van der Waals surface area contributed by atoms with E-state index in [1.165, 1.54) is 11.0 Å². The lowest BCUT2D eigenvalue weighted by molar-refractivity contribution is -0.131. The number of nitrogens with zero attached hydrogens (tertiary/aromatic N) is 3. The number of ether oxygens (including phenoxy) is 1. The van der Waals surface area contributed by atoms with Crippen molar-refractivity contribution in [3.05, 3.63) is 53.8 Å². The first-order valence-corrected chi connectivity index (χ1v) is 14.2. The summed E-state index contributed by atoms with van der Waals surface area (Å²) in [7, 11) is 0. The standard InChI is InChI=1S/C29H35FN6O5S/c1-19(18-37)32-33-22-5-3-21(4-6-22)27(38)9-10-28(39)35-13-11-34(12-14-35)26-8-7-23(15-25(26)30)36-17-24(41-29(36)40)16-31-20(2)42/h3-8,15,18-19,24,32-33H,9-14,16-17H2,1-2H3,(H,31,42)/t19-,24-/m0/s1. The summed E-state index contributed by atoms with van der Waals surface area (Å²) in [5, 5.41) is 2.98. The molecule has 224 valence electrons. The highest BCUT2D eigenvalue weighted by molar-refractivity contribution is 7.80. The Bertz CT molecular complexity index is 1320. The number of anilines is 3. The molecule has 13 heteroatoms. The van der Waals surface area contributed by atoms with Gasteiger partial charge in [0.2, 0.25) is 5.91 Å². The summed E-state index contributed by atoms with van der Waals surface area (Å²) < 4.78 is 20.5. The zero-order valence-corrected chi connectivity index (χ0v) is 24.4. The fourth-order valence-electron chi connectivity index (χ4n) is 4.71. The number of halogens is 1. The molecule has 0 unspecified atom stereocenters. The van der Waals surface area contributed by atoms with Crippen LogP contribution in [0.5, 0.6) is 0 Å². The van der Waals surface area contributed by atoms with E-state index < -0.39 is 11.9 Å². The molecule has 0 aromatic heterocycles. The molecule has 2 aromatic carbocycles. The molecule has 4 rings (SSSR count). The normalized spacial score (nSPS) is 17.5. The zero-order valence-electron chi connectivity index (χ0n) is 23.6. The number of amides is 2. The van der Waals surface area contributed by atoms with Crippen LogP contribution in [-0.4, -0.2) is 85.4 Å². The molecule has 42 heavy (non-hydrogen) atoms. The second-order valence-electron chi connectivity index (χ2n) is 10.3. The molecule has 0 spiro atoms. The Morgan fingerprint density at radius 1 is 1.12 bits per heavy atom. The van der Waals surface area contributed by atoms with E-state index in [9.17, 15) is 19.2 Å². The van der Waals surface area contributed by atoms with E-state index >= 15 is 4.39 Å². The number of hydrogen-bond donors (Lipinski definition) is 3. The van der Waals surface area contributed by atoms with Gasteiger partial charge in [0.05, 0.1) is 35.5 Å². The van der Waals surface area contributed by atoms with Gasteiger partial charge < -0.3 is 30.1 Å². The molecule has 2 saturated heterocycles. The van der Waals surface area contributed by atoms with Crippen LogP contribution in [0.1, 0.15) is 37.0 Å². The summed E-state index contributed by atoms with van der Waals surface area (Å²) in [4.78, 5) is 53.9. The molecule has 3 N–H and O–H groups in total. The predicted molar refractivity (Wildman–Crippen MR) is 161 cm³/mol. The fourth-order valence-corrected chi connectivity index (χ4v) is 4.79. The van der Waals surface area contributed by atoms with Gasteiger partial charge in [0.15, 0.2) is 5.78 Å². The van der Waals surface area contributed by atoms with Crippen molar-refractivity contribution in [1.82, 2.24) is 15.6 Å². The van der Waals surface area contributed by atoms with Crippen molar-refractivity contribution in [2.45, 2.75) is 38.8 Å². The number of hydrogen-bond acceptors (Lipinski definition) is 9. The molecule has 2 amide bonds. The van der Waals surface area contributed by atoms with Crippen molar-refractivity contribution in [3.63, 3.8) is 0 Å². The minimum absolute atomic E-state index is 0.0866. The summed E-state index contributed by atoms with van der Waals surface area (Å²) in [6.07, 6.45) is 0.0266. The predicted octanol–water partition coefficient (Wildman–Crippen LogP) is 2.90. The minimum Gasteiger partial charge on any atom is -0.442 e. The highest BCUT2D eigenvalue weighted by atomic mass is 32.1. The van der Waals surface area contributed by atoms with Crippen LogP contribution < -0.4 is 26.0 Å². The van der Waals surface area contributed by atoms with Gasteiger partial charge >= 0.3 is 6.09 Å². The summed E-state index contributed by atoms with van der Waals surface area (Å²) in [6, 6.07) is 11.1. The number of piperazine rings is 1. The number of Topliss-reactive ketones (excluding diaryl/α,β-unsaturated/α-hetero) is 1. The third kappa shape index (κ3) is 8.01. The Balaban J connectivity index is 1.23. The maximum absolute atomic E-state index is 15.1. The zero-order chi connectivity index (χ0) is 30.2. The summed E-state index contributed by atoms with van der Waals surface area (Å²) in [5.41, 5.74) is 7.72. The van der Waals surface area contributed by atoms with Gasteiger partial charge in [-0.2, -0.15) is 0 Å². The van der Waals surface area contributed by atoms with Crippen LogP contribution in [0.3, 0.4) is 0 Å². The topological polar surface area (TPSA) is 123 Å². The number of carbonyl (C=O) groups excluding carboxylic acids is 4. The van der Waals surface area contributed by atoms with E-state index in [1.54, 1.807) is 55.1 Å². The van der Waals surface area contributed by atoms with E-state index in [-0.39, 0.29) is 36.7 Å². The third-order valence-electron chi connectivity index (χ3n) is 7.09. The van der Waals surface area contributed by atoms with Crippen molar-refractivity contribution >= 4 is 58.3 Å². The van der Waals surface area contributed by atoms with Gasteiger partial charge in [0.25, 0.3) is 0 Å². The van der Waals surface area contributed by atoms with Crippen molar-refractivity contribution in [2.75, 3.05) is 54.5 Å². The maximum atomic E-state index is 15.1. The van der Waals surface area contributed by atoms with Crippen molar-refractivity contribution in [3.8, 4) is 0 Å². The molecule has 2 aliphatic heterocycles. The minimum atomic E-state index is -0.534. The SMILES string of the molecule is CC(=S)NC[C@H]1CN(c2ccc(N3CCN(C(=O)CCC(=O)c4ccc(NN[C@@H](C)C=O)cc4)CC3)c(F)c2)C(=O)O1.